The van der Waals surface area contributed by atoms with E-state index in [9.17, 15) is 0 Å². The highest BCUT2D eigenvalue weighted by Gasteiger charge is 2.05. The molecule has 0 aromatic carbocycles. The van der Waals surface area contributed by atoms with Gasteiger partial charge in [0.1, 0.15) is 24.8 Å². The second kappa shape index (κ2) is 24.7. The molecule has 2 aromatic heterocycles. The Hall–Kier alpha value is -1.76. The van der Waals surface area contributed by atoms with Crippen molar-refractivity contribution in [2.75, 3.05) is 12.5 Å². The van der Waals surface area contributed by atoms with E-state index in [-0.39, 0.29) is 0 Å². The summed E-state index contributed by atoms with van der Waals surface area (Å²) in [7, 11) is -7.83. The molecule has 0 atom stereocenters. The van der Waals surface area contributed by atoms with E-state index < -0.39 is 20.2 Å². The summed E-state index contributed by atoms with van der Waals surface area (Å²) < 4.78 is 63.9. The Morgan fingerprint density at radius 1 is 0.524 bits per heavy atom. The molecule has 12 heteroatoms. The maximum Gasteiger partial charge on any atom is 0.243 e. The summed E-state index contributed by atoms with van der Waals surface area (Å²) in [4.78, 5) is 0. The van der Waals surface area contributed by atoms with Crippen LogP contribution < -0.4 is 9.13 Å². The van der Waals surface area contributed by atoms with Gasteiger partial charge < -0.3 is 9.11 Å². The van der Waals surface area contributed by atoms with Gasteiger partial charge in [-0.05, 0) is 51.4 Å². The lowest BCUT2D eigenvalue weighted by Gasteiger charge is -2.00. The molecule has 0 spiro atoms. The molecule has 2 aromatic rings. The summed E-state index contributed by atoms with van der Waals surface area (Å²) >= 11 is 0. The topological polar surface area (TPSA) is 132 Å². The first-order valence-electron chi connectivity index (χ1n) is 15.7. The Morgan fingerprint density at radius 3 is 1.14 bits per heavy atom. The van der Waals surface area contributed by atoms with Gasteiger partial charge in [-0.3, -0.25) is 0 Å². The van der Waals surface area contributed by atoms with E-state index in [1.165, 1.54) is 116 Å². The largest absolute Gasteiger partial charge is 0.748 e. The van der Waals surface area contributed by atoms with Crippen LogP contribution in [0.3, 0.4) is 0 Å². The molecular formula is C30H58N4O6S2. The van der Waals surface area contributed by atoms with Gasteiger partial charge in [-0.2, -0.15) is 0 Å². The van der Waals surface area contributed by atoms with E-state index in [0.29, 0.717) is 12.5 Å². The molecule has 0 aliphatic heterocycles. The lowest BCUT2D eigenvalue weighted by atomic mass is 10.1. The first-order chi connectivity index (χ1) is 19.8. The highest BCUT2D eigenvalue weighted by Crippen LogP contribution is 2.07. The summed E-state index contributed by atoms with van der Waals surface area (Å²) in [6.45, 7) is 9.24. The predicted octanol–water partition coefficient (Wildman–Crippen LogP) is 5.17. The van der Waals surface area contributed by atoms with Gasteiger partial charge in [-0.25, -0.2) is 35.1 Å². The van der Waals surface area contributed by atoms with E-state index in [2.05, 4.69) is 69.6 Å². The van der Waals surface area contributed by atoms with Gasteiger partial charge >= 0.3 is 0 Å². The van der Waals surface area contributed by atoms with Gasteiger partial charge in [0, 0.05) is 12.5 Å². The molecule has 2 heterocycles. The van der Waals surface area contributed by atoms with Gasteiger partial charge in [0.25, 0.3) is 0 Å². The van der Waals surface area contributed by atoms with Crippen LogP contribution in [0.5, 0.6) is 0 Å². The molecule has 10 nitrogen and oxygen atoms in total. The molecule has 42 heavy (non-hydrogen) atoms. The van der Waals surface area contributed by atoms with Crippen molar-refractivity contribution in [1.29, 1.82) is 0 Å². The van der Waals surface area contributed by atoms with Gasteiger partial charge in [0.15, 0.2) is 0 Å². The Bertz CT molecular complexity index is 1010. The van der Waals surface area contributed by atoms with Crippen molar-refractivity contribution in [1.82, 2.24) is 9.13 Å². The highest BCUT2D eigenvalue weighted by molar-refractivity contribution is 7.85. The third kappa shape index (κ3) is 31.2. The third-order valence-corrected chi connectivity index (χ3v) is 6.61. The van der Waals surface area contributed by atoms with Crippen LogP contribution in [-0.2, 0) is 46.4 Å². The Balaban J connectivity index is 0.00000144. The summed E-state index contributed by atoms with van der Waals surface area (Å²) in [5.74, 6) is 0. The summed E-state index contributed by atoms with van der Waals surface area (Å²) in [6.07, 6.45) is 36.5. The minimum absolute atomic E-state index is 0.604. The molecule has 0 saturated carbocycles. The second-order valence-electron chi connectivity index (χ2n) is 11.1. The first kappa shape index (κ1) is 40.2. The maximum atomic E-state index is 9.08. The SMILES string of the molecule is CCCCCCCC[n+]1ccn(CCCCCCn2cc[n+](CCCCCCCC)c2)c1.CS(=O)(=O)[O-].CS(=O)(=O)[O-]. The van der Waals surface area contributed by atoms with Crippen molar-refractivity contribution in [3.63, 3.8) is 0 Å². The predicted molar refractivity (Wildman–Crippen MR) is 166 cm³/mol. The molecule has 0 bridgehead atoms. The van der Waals surface area contributed by atoms with Crippen molar-refractivity contribution in [2.24, 2.45) is 0 Å². The van der Waals surface area contributed by atoms with Crippen molar-refractivity contribution < 1.29 is 35.1 Å². The number of unbranched alkanes of at least 4 members (excludes halogenated alkanes) is 13. The molecule has 246 valence electrons. The highest BCUT2D eigenvalue weighted by atomic mass is 32.2. The average Bonchev–Trinajstić information content (AvgIpc) is 3.53. The number of imidazole rings is 2. The van der Waals surface area contributed by atoms with E-state index >= 15 is 0 Å². The van der Waals surface area contributed by atoms with Crippen molar-refractivity contribution in [3.05, 3.63) is 37.4 Å². The first-order valence-corrected chi connectivity index (χ1v) is 19.4. The van der Waals surface area contributed by atoms with Crippen LogP contribution in [0.15, 0.2) is 37.4 Å². The van der Waals surface area contributed by atoms with Crippen molar-refractivity contribution in [3.8, 4) is 0 Å². The molecule has 0 saturated heterocycles. The average molecular weight is 635 g/mol. The van der Waals surface area contributed by atoms with Gasteiger partial charge in [-0.15, -0.1) is 0 Å². The van der Waals surface area contributed by atoms with Crippen LogP contribution in [0.1, 0.15) is 117 Å². The van der Waals surface area contributed by atoms with Crippen molar-refractivity contribution in [2.45, 2.75) is 143 Å². The van der Waals surface area contributed by atoms with Gasteiger partial charge in [0.05, 0.1) is 46.4 Å². The molecule has 0 unspecified atom stereocenters. The Morgan fingerprint density at radius 2 is 0.810 bits per heavy atom. The molecule has 2 rings (SSSR count). The zero-order valence-corrected chi connectivity index (χ0v) is 28.3. The quantitative estimate of drug-likeness (QED) is 0.106. The fourth-order valence-corrected chi connectivity index (χ4v) is 4.50. The fraction of sp³-hybridized carbons (Fsp3) is 0.800. The molecule has 0 fully saturated rings. The lowest BCUT2D eigenvalue weighted by Crippen LogP contribution is -2.30. The summed E-state index contributed by atoms with van der Waals surface area (Å²) in [6, 6.07) is 0. The summed E-state index contributed by atoms with van der Waals surface area (Å²) in [5, 5.41) is 0. The number of hydrogen-bond donors (Lipinski definition) is 0. The smallest absolute Gasteiger partial charge is 0.243 e. The number of hydrogen-bond acceptors (Lipinski definition) is 6. The fourth-order valence-electron chi connectivity index (χ4n) is 4.50. The number of aromatic nitrogens is 4. The maximum absolute atomic E-state index is 9.08. The molecule has 0 aliphatic rings. The van der Waals surface area contributed by atoms with Crippen LogP contribution in [0.25, 0.3) is 0 Å². The minimum Gasteiger partial charge on any atom is -0.748 e. The monoisotopic (exact) mass is 634 g/mol. The standard InChI is InChI=1S/C28H52N4.2CH4O3S/c1-3-5-7-9-11-15-19-29-23-25-31(27-29)21-17-13-14-18-22-32-26-24-30(28-32)20-16-12-10-8-6-4-2;2*1-5(2,3)4/h23-28H,3-22H2,1-2H3;2*1H3,(H,2,3,4)/q+2;;/p-2. The molecule has 0 N–H and O–H groups in total. The zero-order chi connectivity index (χ0) is 31.7. The number of rotatable bonds is 21. The number of nitrogens with zero attached hydrogens (tertiary/aromatic N) is 4. The molecule has 0 radical (unpaired) electrons. The second-order valence-corrected chi connectivity index (χ2v) is 14.0. The number of aryl methyl sites for hydroxylation is 4. The van der Waals surface area contributed by atoms with Crippen LogP contribution in [0.2, 0.25) is 0 Å². The summed E-state index contributed by atoms with van der Waals surface area (Å²) in [5.41, 5.74) is 0. The van der Waals surface area contributed by atoms with Crippen LogP contribution in [-0.4, -0.2) is 47.6 Å². The molecule has 0 aliphatic carbocycles. The van der Waals surface area contributed by atoms with Crippen LogP contribution in [0, 0.1) is 0 Å². The van der Waals surface area contributed by atoms with E-state index in [4.69, 9.17) is 25.9 Å². The minimum atomic E-state index is -3.92. The van der Waals surface area contributed by atoms with E-state index in [1.807, 2.05) is 0 Å². The van der Waals surface area contributed by atoms with Crippen LogP contribution in [0.4, 0.5) is 0 Å². The molecule has 0 amide bonds. The zero-order valence-electron chi connectivity index (χ0n) is 26.7. The Labute approximate surface area is 256 Å². The molecular weight excluding hydrogens is 576 g/mol. The van der Waals surface area contributed by atoms with Gasteiger partial charge in [0.2, 0.25) is 12.7 Å². The van der Waals surface area contributed by atoms with Gasteiger partial charge in [-0.1, -0.05) is 65.2 Å². The van der Waals surface area contributed by atoms with E-state index in [0.717, 1.165) is 13.1 Å². The van der Waals surface area contributed by atoms with Crippen LogP contribution >= 0.6 is 0 Å². The normalized spacial score (nSPS) is 11.5. The lowest BCUT2D eigenvalue weighted by molar-refractivity contribution is -0.697. The third-order valence-electron chi connectivity index (χ3n) is 6.61. The van der Waals surface area contributed by atoms with Crippen molar-refractivity contribution >= 4 is 20.2 Å². The van der Waals surface area contributed by atoms with E-state index in [1.54, 1.807) is 0 Å². The Kier molecular flexibility index (Phi) is 23.6.